The summed E-state index contributed by atoms with van der Waals surface area (Å²) in [6, 6.07) is 0.356. The van der Waals surface area contributed by atoms with Crippen LogP contribution in [-0.4, -0.2) is 30.6 Å². The molecule has 1 aliphatic carbocycles. The van der Waals surface area contributed by atoms with Crippen molar-refractivity contribution in [1.82, 2.24) is 4.90 Å². The van der Waals surface area contributed by atoms with E-state index >= 15 is 0 Å². The molecule has 0 heterocycles. The van der Waals surface area contributed by atoms with Gasteiger partial charge in [0.2, 0.25) is 0 Å². The summed E-state index contributed by atoms with van der Waals surface area (Å²) in [4.78, 5) is 2.53. The van der Waals surface area contributed by atoms with Gasteiger partial charge < -0.3 is 10.6 Å². The maximum Gasteiger partial charge on any atom is 0.00226 e. The van der Waals surface area contributed by atoms with E-state index in [0.717, 1.165) is 12.3 Å². The average Bonchev–Trinajstić information content (AvgIpc) is 2.88. The van der Waals surface area contributed by atoms with E-state index in [0.29, 0.717) is 6.04 Å². The zero-order valence-corrected chi connectivity index (χ0v) is 9.13. The van der Waals surface area contributed by atoms with Crippen LogP contribution in [0.25, 0.3) is 0 Å². The fraction of sp³-hybridized carbons (Fsp3) is 1.00. The van der Waals surface area contributed by atoms with Gasteiger partial charge in [-0.1, -0.05) is 19.8 Å². The summed E-state index contributed by atoms with van der Waals surface area (Å²) in [6.45, 7) is 7.98. The lowest BCUT2D eigenvalue weighted by molar-refractivity contribution is 0.269. The van der Waals surface area contributed by atoms with Crippen LogP contribution < -0.4 is 5.73 Å². The number of nitrogens with two attached hydrogens (primary N) is 1. The first kappa shape index (κ1) is 11.0. The fourth-order valence-corrected chi connectivity index (χ4v) is 1.59. The van der Waals surface area contributed by atoms with Crippen molar-refractivity contribution in [3.8, 4) is 0 Å². The van der Waals surface area contributed by atoms with Crippen LogP contribution in [0.2, 0.25) is 0 Å². The number of nitrogens with zero attached hydrogens (tertiary/aromatic N) is 1. The minimum Gasteiger partial charge on any atom is -0.328 e. The molecule has 0 spiro atoms. The van der Waals surface area contributed by atoms with E-state index in [1.807, 2.05) is 0 Å². The summed E-state index contributed by atoms with van der Waals surface area (Å²) in [5.74, 6) is 1.06. The van der Waals surface area contributed by atoms with Crippen molar-refractivity contribution in [2.75, 3.05) is 19.6 Å². The molecule has 78 valence electrons. The Kier molecular flexibility index (Phi) is 4.74. The molecule has 1 rings (SSSR count). The van der Waals surface area contributed by atoms with E-state index in [9.17, 15) is 0 Å². The van der Waals surface area contributed by atoms with Crippen LogP contribution >= 0.6 is 0 Å². The van der Waals surface area contributed by atoms with Crippen LogP contribution in [0.15, 0.2) is 0 Å². The standard InChI is InChI=1S/C11H24N2/c1-3-13(8-6-10(2)12)9-7-11-4-5-11/h10-11H,3-9,12H2,1-2H3. The predicted octanol–water partition coefficient (Wildman–Crippen LogP) is 1.85. The Bertz CT molecular complexity index is 124. The Labute approximate surface area is 82.5 Å². The molecule has 0 radical (unpaired) electrons. The molecule has 1 unspecified atom stereocenters. The van der Waals surface area contributed by atoms with Crippen molar-refractivity contribution in [3.05, 3.63) is 0 Å². The summed E-state index contributed by atoms with van der Waals surface area (Å²) in [5.41, 5.74) is 5.74. The Morgan fingerprint density at radius 3 is 2.54 bits per heavy atom. The van der Waals surface area contributed by atoms with E-state index in [1.54, 1.807) is 0 Å². The minimum atomic E-state index is 0.356. The maximum atomic E-state index is 5.74. The van der Waals surface area contributed by atoms with Crippen LogP contribution in [0.4, 0.5) is 0 Å². The van der Waals surface area contributed by atoms with Crippen LogP contribution in [0.5, 0.6) is 0 Å². The highest BCUT2D eigenvalue weighted by atomic mass is 15.1. The van der Waals surface area contributed by atoms with Gasteiger partial charge in [0.1, 0.15) is 0 Å². The molecule has 1 atom stereocenters. The Balaban J connectivity index is 2.02. The monoisotopic (exact) mass is 184 g/mol. The Morgan fingerprint density at radius 2 is 2.08 bits per heavy atom. The van der Waals surface area contributed by atoms with Crippen molar-refractivity contribution in [2.24, 2.45) is 11.7 Å². The topological polar surface area (TPSA) is 29.3 Å². The van der Waals surface area contributed by atoms with E-state index in [1.165, 1.54) is 38.9 Å². The molecule has 2 heteroatoms. The molecule has 13 heavy (non-hydrogen) atoms. The lowest BCUT2D eigenvalue weighted by atomic mass is 10.2. The molecule has 1 fully saturated rings. The van der Waals surface area contributed by atoms with Gasteiger partial charge in [0.05, 0.1) is 0 Å². The highest BCUT2D eigenvalue weighted by Crippen LogP contribution is 2.32. The smallest absolute Gasteiger partial charge is 0.00226 e. The second-order valence-electron chi connectivity index (χ2n) is 4.43. The van der Waals surface area contributed by atoms with Gasteiger partial charge >= 0.3 is 0 Å². The summed E-state index contributed by atoms with van der Waals surface area (Å²) >= 11 is 0. The molecule has 0 amide bonds. The molecule has 0 aromatic rings. The molecule has 2 N–H and O–H groups in total. The fourth-order valence-electron chi connectivity index (χ4n) is 1.59. The van der Waals surface area contributed by atoms with Gasteiger partial charge in [-0.25, -0.2) is 0 Å². The molecule has 0 saturated heterocycles. The predicted molar refractivity (Wildman–Crippen MR) is 57.7 cm³/mol. The Morgan fingerprint density at radius 1 is 1.38 bits per heavy atom. The molecule has 1 saturated carbocycles. The van der Waals surface area contributed by atoms with Crippen molar-refractivity contribution in [3.63, 3.8) is 0 Å². The molecule has 0 aromatic carbocycles. The highest BCUT2D eigenvalue weighted by molar-refractivity contribution is 4.74. The maximum absolute atomic E-state index is 5.74. The zero-order valence-electron chi connectivity index (χ0n) is 9.13. The van der Waals surface area contributed by atoms with Gasteiger partial charge in [0.15, 0.2) is 0 Å². The molecule has 0 aromatic heterocycles. The summed E-state index contributed by atoms with van der Waals surface area (Å²) in [7, 11) is 0. The number of rotatable bonds is 7. The second-order valence-corrected chi connectivity index (χ2v) is 4.43. The third-order valence-corrected chi connectivity index (χ3v) is 2.90. The zero-order chi connectivity index (χ0) is 9.68. The van der Waals surface area contributed by atoms with Gasteiger partial charge in [-0.05, 0) is 45.3 Å². The average molecular weight is 184 g/mol. The SMILES string of the molecule is CCN(CCC(C)N)CCC1CC1. The quantitative estimate of drug-likeness (QED) is 0.654. The van der Waals surface area contributed by atoms with Crippen molar-refractivity contribution >= 4 is 0 Å². The summed E-state index contributed by atoms with van der Waals surface area (Å²) in [5, 5.41) is 0. The molecular formula is C11H24N2. The summed E-state index contributed by atoms with van der Waals surface area (Å²) in [6.07, 6.45) is 5.50. The van der Waals surface area contributed by atoms with Gasteiger partial charge in [-0.3, -0.25) is 0 Å². The summed E-state index contributed by atoms with van der Waals surface area (Å²) < 4.78 is 0. The molecule has 2 nitrogen and oxygen atoms in total. The number of hydrogen-bond acceptors (Lipinski definition) is 2. The van der Waals surface area contributed by atoms with E-state index in [2.05, 4.69) is 18.7 Å². The largest absolute Gasteiger partial charge is 0.328 e. The molecule has 0 bridgehead atoms. The lowest BCUT2D eigenvalue weighted by Crippen LogP contribution is -2.30. The first-order valence-electron chi connectivity index (χ1n) is 5.70. The van der Waals surface area contributed by atoms with Crippen LogP contribution in [0, 0.1) is 5.92 Å². The van der Waals surface area contributed by atoms with Crippen LogP contribution in [0.1, 0.15) is 39.5 Å². The number of hydrogen-bond donors (Lipinski definition) is 1. The second kappa shape index (κ2) is 5.61. The van der Waals surface area contributed by atoms with Gasteiger partial charge in [0.25, 0.3) is 0 Å². The minimum absolute atomic E-state index is 0.356. The third-order valence-electron chi connectivity index (χ3n) is 2.90. The molecular weight excluding hydrogens is 160 g/mol. The van der Waals surface area contributed by atoms with Crippen molar-refractivity contribution < 1.29 is 0 Å². The Hall–Kier alpha value is -0.0800. The lowest BCUT2D eigenvalue weighted by Gasteiger charge is -2.21. The first-order valence-corrected chi connectivity index (χ1v) is 5.70. The molecule has 0 aliphatic heterocycles. The van der Waals surface area contributed by atoms with Gasteiger partial charge in [-0.15, -0.1) is 0 Å². The van der Waals surface area contributed by atoms with Crippen LogP contribution in [0.3, 0.4) is 0 Å². The van der Waals surface area contributed by atoms with Crippen molar-refractivity contribution in [1.29, 1.82) is 0 Å². The van der Waals surface area contributed by atoms with Gasteiger partial charge in [-0.2, -0.15) is 0 Å². The first-order chi connectivity index (χ1) is 6.22. The van der Waals surface area contributed by atoms with Gasteiger partial charge in [0, 0.05) is 6.04 Å². The van der Waals surface area contributed by atoms with Crippen molar-refractivity contribution in [2.45, 2.75) is 45.6 Å². The van der Waals surface area contributed by atoms with E-state index in [-0.39, 0.29) is 0 Å². The van der Waals surface area contributed by atoms with Crippen LogP contribution in [-0.2, 0) is 0 Å². The highest BCUT2D eigenvalue weighted by Gasteiger charge is 2.21. The third kappa shape index (κ3) is 5.27. The molecule has 1 aliphatic rings. The van der Waals surface area contributed by atoms with E-state index < -0.39 is 0 Å². The van der Waals surface area contributed by atoms with E-state index in [4.69, 9.17) is 5.73 Å². The normalized spacial score (nSPS) is 19.4.